The largest absolute Gasteiger partial charge is 0.385 e. The predicted molar refractivity (Wildman–Crippen MR) is 96.5 cm³/mol. The van der Waals surface area contributed by atoms with Crippen LogP contribution in [0.2, 0.25) is 0 Å². The predicted octanol–water partition coefficient (Wildman–Crippen LogP) is 3.55. The molecule has 134 valence electrons. The maximum Gasteiger partial charge on any atom is 0.126 e. The number of hydrogen-bond donors (Lipinski definition) is 2. The molecule has 0 saturated heterocycles. The lowest BCUT2D eigenvalue weighted by Gasteiger charge is -2.19. The lowest BCUT2D eigenvalue weighted by molar-refractivity contribution is 0.141. The first-order valence-electron chi connectivity index (χ1n) is 8.38. The zero-order chi connectivity index (χ0) is 18.5. The van der Waals surface area contributed by atoms with E-state index in [0.29, 0.717) is 17.7 Å². The molecular formula is C21H20F2N2O. The quantitative estimate of drug-likeness (QED) is 0.712. The first-order valence-corrected chi connectivity index (χ1v) is 8.38. The van der Waals surface area contributed by atoms with Crippen molar-refractivity contribution in [1.82, 2.24) is 4.98 Å². The summed E-state index contributed by atoms with van der Waals surface area (Å²) in [5.41, 5.74) is 9.05. The molecule has 2 aromatic carbocycles. The van der Waals surface area contributed by atoms with Crippen molar-refractivity contribution in [3.63, 3.8) is 0 Å². The van der Waals surface area contributed by atoms with Crippen LogP contribution in [0.25, 0.3) is 0 Å². The normalized spacial score (nSPS) is 13.4. The number of benzene rings is 2. The first kappa shape index (κ1) is 18.2. The number of aliphatic hydroxyl groups excluding tert-OH is 1. The summed E-state index contributed by atoms with van der Waals surface area (Å²) in [4.78, 5) is 4.20. The Labute approximate surface area is 151 Å². The fourth-order valence-electron chi connectivity index (χ4n) is 2.93. The van der Waals surface area contributed by atoms with Crippen molar-refractivity contribution in [1.29, 1.82) is 0 Å². The highest BCUT2D eigenvalue weighted by Crippen LogP contribution is 2.20. The molecule has 0 radical (unpaired) electrons. The molecule has 2 unspecified atom stereocenters. The van der Waals surface area contributed by atoms with Crippen molar-refractivity contribution < 1.29 is 13.9 Å². The zero-order valence-electron chi connectivity index (χ0n) is 14.1. The second-order valence-corrected chi connectivity index (χ2v) is 6.34. The monoisotopic (exact) mass is 354 g/mol. The van der Waals surface area contributed by atoms with Gasteiger partial charge in [0.25, 0.3) is 0 Å². The molecule has 0 spiro atoms. The molecule has 3 nitrogen and oxygen atoms in total. The minimum absolute atomic E-state index is 0.139. The molecule has 0 aliphatic heterocycles. The highest BCUT2D eigenvalue weighted by Gasteiger charge is 2.19. The lowest BCUT2D eigenvalue weighted by atomic mass is 9.98. The van der Waals surface area contributed by atoms with Gasteiger partial charge in [0.15, 0.2) is 0 Å². The number of aliphatic hydroxyl groups is 1. The van der Waals surface area contributed by atoms with Gasteiger partial charge in [-0.25, -0.2) is 8.78 Å². The molecule has 3 rings (SSSR count). The van der Waals surface area contributed by atoms with Gasteiger partial charge in [-0.05, 0) is 53.8 Å². The first-order chi connectivity index (χ1) is 12.5. The molecule has 3 aromatic rings. The van der Waals surface area contributed by atoms with E-state index in [0.717, 1.165) is 17.2 Å². The lowest BCUT2D eigenvalue weighted by Crippen LogP contribution is -2.31. The molecule has 26 heavy (non-hydrogen) atoms. The zero-order valence-corrected chi connectivity index (χ0v) is 14.1. The van der Waals surface area contributed by atoms with Gasteiger partial charge < -0.3 is 10.8 Å². The summed E-state index contributed by atoms with van der Waals surface area (Å²) in [5.74, 6) is -1.32. The van der Waals surface area contributed by atoms with Crippen LogP contribution in [0.5, 0.6) is 0 Å². The van der Waals surface area contributed by atoms with Crippen LogP contribution in [0.1, 0.15) is 28.5 Å². The van der Waals surface area contributed by atoms with Crippen LogP contribution in [-0.4, -0.2) is 16.1 Å². The van der Waals surface area contributed by atoms with Gasteiger partial charge in [-0.1, -0.05) is 30.3 Å². The topological polar surface area (TPSA) is 59.1 Å². The summed E-state index contributed by atoms with van der Waals surface area (Å²) in [5, 5.41) is 10.5. The number of aromatic nitrogens is 1. The number of halogens is 2. The molecule has 0 aliphatic carbocycles. The van der Waals surface area contributed by atoms with Gasteiger partial charge >= 0.3 is 0 Å². The number of nitrogens with two attached hydrogens (primary N) is 1. The third-order valence-corrected chi connectivity index (χ3v) is 4.20. The summed E-state index contributed by atoms with van der Waals surface area (Å²) < 4.78 is 26.6. The Morgan fingerprint density at radius 2 is 1.58 bits per heavy atom. The standard InChI is InChI=1S/C21H20F2N2O/c22-17-9-16(10-18(23)13-17)11-19(24)21(26)20-12-15(6-7-25-20)8-14-4-2-1-3-5-14/h1-7,9-10,12-13,19,21,26H,8,11,24H2. The number of pyridine rings is 1. The molecule has 1 aromatic heterocycles. The Morgan fingerprint density at radius 1 is 0.885 bits per heavy atom. The van der Waals surface area contributed by atoms with Crippen molar-refractivity contribution >= 4 is 0 Å². The fourth-order valence-corrected chi connectivity index (χ4v) is 2.93. The third kappa shape index (κ3) is 4.71. The minimum atomic E-state index is -1.03. The Bertz CT molecular complexity index is 851. The van der Waals surface area contributed by atoms with Crippen molar-refractivity contribution in [2.24, 2.45) is 5.73 Å². The van der Waals surface area contributed by atoms with Crippen molar-refractivity contribution in [2.75, 3.05) is 0 Å². The maximum absolute atomic E-state index is 13.3. The summed E-state index contributed by atoms with van der Waals surface area (Å²) >= 11 is 0. The van der Waals surface area contributed by atoms with E-state index < -0.39 is 23.8 Å². The Kier molecular flexibility index (Phi) is 5.71. The number of hydrogen-bond acceptors (Lipinski definition) is 3. The van der Waals surface area contributed by atoms with Gasteiger partial charge in [0.1, 0.15) is 17.7 Å². The average molecular weight is 354 g/mol. The van der Waals surface area contributed by atoms with Crippen LogP contribution in [0.15, 0.2) is 66.9 Å². The van der Waals surface area contributed by atoms with Gasteiger partial charge in [0, 0.05) is 18.3 Å². The van der Waals surface area contributed by atoms with E-state index in [4.69, 9.17) is 5.73 Å². The highest BCUT2D eigenvalue weighted by molar-refractivity contribution is 5.27. The van der Waals surface area contributed by atoms with Crippen molar-refractivity contribution in [2.45, 2.75) is 25.0 Å². The molecule has 1 heterocycles. The smallest absolute Gasteiger partial charge is 0.126 e. The maximum atomic E-state index is 13.3. The van der Waals surface area contributed by atoms with E-state index in [1.165, 1.54) is 12.1 Å². The van der Waals surface area contributed by atoms with E-state index in [2.05, 4.69) is 4.98 Å². The second-order valence-electron chi connectivity index (χ2n) is 6.34. The third-order valence-electron chi connectivity index (χ3n) is 4.20. The van der Waals surface area contributed by atoms with Gasteiger partial charge in [0.05, 0.1) is 5.69 Å². The summed E-state index contributed by atoms with van der Waals surface area (Å²) in [6.45, 7) is 0. The van der Waals surface area contributed by atoms with Gasteiger partial charge in [-0.2, -0.15) is 0 Å². The van der Waals surface area contributed by atoms with Crippen LogP contribution >= 0.6 is 0 Å². The Hall–Kier alpha value is -2.63. The number of rotatable bonds is 6. The fraction of sp³-hybridized carbons (Fsp3) is 0.190. The van der Waals surface area contributed by atoms with Gasteiger partial charge in [0.2, 0.25) is 0 Å². The molecule has 3 N–H and O–H groups in total. The molecule has 0 fully saturated rings. The molecule has 0 saturated carbocycles. The summed E-state index contributed by atoms with van der Waals surface area (Å²) in [6, 6.07) is 16.2. The number of nitrogens with zero attached hydrogens (tertiary/aromatic N) is 1. The molecular weight excluding hydrogens is 334 g/mol. The molecule has 2 atom stereocenters. The summed E-state index contributed by atoms with van der Waals surface area (Å²) in [7, 11) is 0. The highest BCUT2D eigenvalue weighted by atomic mass is 19.1. The van der Waals surface area contributed by atoms with E-state index in [1.807, 2.05) is 42.5 Å². The molecule has 5 heteroatoms. The van der Waals surface area contributed by atoms with Crippen LogP contribution in [-0.2, 0) is 12.8 Å². The van der Waals surface area contributed by atoms with E-state index in [1.54, 1.807) is 6.20 Å². The van der Waals surface area contributed by atoms with Crippen molar-refractivity contribution in [3.8, 4) is 0 Å². The minimum Gasteiger partial charge on any atom is -0.385 e. The van der Waals surface area contributed by atoms with E-state index >= 15 is 0 Å². The Morgan fingerprint density at radius 3 is 2.27 bits per heavy atom. The molecule has 0 amide bonds. The van der Waals surface area contributed by atoms with Gasteiger partial charge in [-0.15, -0.1) is 0 Å². The second kappa shape index (κ2) is 8.17. The van der Waals surface area contributed by atoms with Crippen LogP contribution < -0.4 is 5.73 Å². The van der Waals surface area contributed by atoms with Crippen LogP contribution in [0.3, 0.4) is 0 Å². The molecule has 0 aliphatic rings. The van der Waals surface area contributed by atoms with Crippen molar-refractivity contribution in [3.05, 3.63) is 101 Å². The van der Waals surface area contributed by atoms with Gasteiger partial charge in [-0.3, -0.25) is 4.98 Å². The Balaban J connectivity index is 1.72. The summed E-state index contributed by atoms with van der Waals surface area (Å²) in [6.07, 6.45) is 1.45. The molecule has 0 bridgehead atoms. The van der Waals surface area contributed by atoms with Crippen LogP contribution in [0, 0.1) is 11.6 Å². The average Bonchev–Trinajstić information content (AvgIpc) is 2.61. The van der Waals surface area contributed by atoms with Crippen LogP contribution in [0.4, 0.5) is 8.78 Å². The SMILES string of the molecule is NC(Cc1cc(F)cc(F)c1)C(O)c1cc(Cc2ccccc2)ccn1. The van der Waals surface area contributed by atoms with E-state index in [-0.39, 0.29) is 6.42 Å². The van der Waals surface area contributed by atoms with E-state index in [9.17, 15) is 13.9 Å².